The molecule has 110 valence electrons. The minimum atomic E-state index is -0.0812. The molecule has 0 aromatic carbocycles. The fourth-order valence-electron chi connectivity index (χ4n) is 1.89. The van der Waals surface area contributed by atoms with Crippen molar-refractivity contribution in [1.29, 1.82) is 0 Å². The van der Waals surface area contributed by atoms with Gasteiger partial charge in [0.05, 0.1) is 17.4 Å². The van der Waals surface area contributed by atoms with E-state index < -0.39 is 0 Å². The molecular formula is C15H18N4O2. The van der Waals surface area contributed by atoms with Gasteiger partial charge in [0, 0.05) is 44.9 Å². The number of amides is 1. The van der Waals surface area contributed by atoms with Crippen LogP contribution in [-0.2, 0) is 4.74 Å². The smallest absolute Gasteiger partial charge is 0.255 e. The summed E-state index contributed by atoms with van der Waals surface area (Å²) in [6.45, 7) is 2.45. The zero-order chi connectivity index (χ0) is 15.2. The Morgan fingerprint density at radius 3 is 2.57 bits per heavy atom. The number of methoxy groups -OCH3 is 1. The van der Waals surface area contributed by atoms with Crippen molar-refractivity contribution in [3.63, 3.8) is 0 Å². The van der Waals surface area contributed by atoms with Crippen LogP contribution >= 0.6 is 0 Å². The van der Waals surface area contributed by atoms with Crippen molar-refractivity contribution in [3.8, 4) is 11.3 Å². The summed E-state index contributed by atoms with van der Waals surface area (Å²) in [6.07, 6.45) is 6.39. The van der Waals surface area contributed by atoms with Crippen LogP contribution in [0.1, 0.15) is 17.3 Å². The molecule has 0 saturated carbocycles. The third-order valence-electron chi connectivity index (χ3n) is 3.15. The van der Waals surface area contributed by atoms with Crippen molar-refractivity contribution in [1.82, 2.24) is 19.9 Å². The van der Waals surface area contributed by atoms with Gasteiger partial charge in [-0.25, -0.2) is 9.97 Å². The normalized spacial score (nSPS) is 12.0. The van der Waals surface area contributed by atoms with Crippen LogP contribution in [0.3, 0.4) is 0 Å². The number of hydrogen-bond acceptors (Lipinski definition) is 5. The van der Waals surface area contributed by atoms with Crippen LogP contribution in [0.5, 0.6) is 0 Å². The molecule has 0 aliphatic heterocycles. The van der Waals surface area contributed by atoms with Gasteiger partial charge < -0.3 is 9.64 Å². The summed E-state index contributed by atoms with van der Waals surface area (Å²) in [5.74, 6) is -0.0812. The molecule has 0 fully saturated rings. The molecular weight excluding hydrogens is 268 g/mol. The third kappa shape index (κ3) is 3.82. The van der Waals surface area contributed by atoms with Gasteiger partial charge in [0.25, 0.3) is 5.91 Å². The van der Waals surface area contributed by atoms with Gasteiger partial charge in [-0.15, -0.1) is 0 Å². The summed E-state index contributed by atoms with van der Waals surface area (Å²) in [5, 5.41) is 0. The lowest BCUT2D eigenvalue weighted by Gasteiger charge is -2.20. The van der Waals surface area contributed by atoms with E-state index in [0.29, 0.717) is 12.1 Å². The van der Waals surface area contributed by atoms with Crippen molar-refractivity contribution in [2.24, 2.45) is 0 Å². The maximum absolute atomic E-state index is 12.2. The minimum absolute atomic E-state index is 0.00681. The summed E-state index contributed by atoms with van der Waals surface area (Å²) in [5.41, 5.74) is 2.10. The molecule has 0 aliphatic carbocycles. The third-order valence-corrected chi connectivity index (χ3v) is 3.15. The van der Waals surface area contributed by atoms with Crippen molar-refractivity contribution < 1.29 is 9.53 Å². The Kier molecular flexibility index (Phi) is 4.94. The number of carbonyl (C=O) groups is 1. The minimum Gasteiger partial charge on any atom is -0.380 e. The first-order valence-corrected chi connectivity index (χ1v) is 6.61. The molecule has 0 radical (unpaired) electrons. The van der Waals surface area contributed by atoms with Crippen molar-refractivity contribution in [2.45, 2.75) is 13.0 Å². The Morgan fingerprint density at radius 2 is 2.00 bits per heavy atom. The number of ether oxygens (including phenoxy) is 1. The highest BCUT2D eigenvalue weighted by Gasteiger charge is 2.14. The van der Waals surface area contributed by atoms with Crippen LogP contribution in [0.15, 0.2) is 37.1 Å². The Hall–Kier alpha value is -2.34. The van der Waals surface area contributed by atoms with Crippen LogP contribution in [-0.4, -0.2) is 52.6 Å². The highest BCUT2D eigenvalue weighted by atomic mass is 16.5. The Balaban J connectivity index is 2.10. The van der Waals surface area contributed by atoms with E-state index in [-0.39, 0.29) is 12.0 Å². The molecule has 1 amide bonds. The molecule has 2 aromatic heterocycles. The van der Waals surface area contributed by atoms with Crippen molar-refractivity contribution in [2.75, 3.05) is 20.7 Å². The zero-order valence-corrected chi connectivity index (χ0v) is 12.4. The SMILES string of the molecule is CO[C@@H](C)CN(C)C(=O)c1ccc(-c2cncnc2)nc1. The predicted molar refractivity (Wildman–Crippen MR) is 78.7 cm³/mol. The number of hydrogen-bond donors (Lipinski definition) is 0. The van der Waals surface area contributed by atoms with E-state index in [2.05, 4.69) is 15.0 Å². The van der Waals surface area contributed by atoms with E-state index in [1.54, 1.807) is 49.8 Å². The van der Waals surface area contributed by atoms with Gasteiger partial charge in [-0.05, 0) is 19.1 Å². The second-order valence-electron chi connectivity index (χ2n) is 4.79. The predicted octanol–water partition coefficient (Wildman–Crippen LogP) is 1.65. The van der Waals surface area contributed by atoms with Gasteiger partial charge in [-0.1, -0.05) is 0 Å². The molecule has 0 N–H and O–H groups in total. The molecule has 21 heavy (non-hydrogen) atoms. The van der Waals surface area contributed by atoms with Crippen LogP contribution in [0.25, 0.3) is 11.3 Å². The Morgan fingerprint density at radius 1 is 1.29 bits per heavy atom. The first-order chi connectivity index (χ1) is 10.1. The number of rotatable bonds is 5. The largest absolute Gasteiger partial charge is 0.380 e. The second-order valence-corrected chi connectivity index (χ2v) is 4.79. The Labute approximate surface area is 123 Å². The molecule has 6 nitrogen and oxygen atoms in total. The summed E-state index contributed by atoms with van der Waals surface area (Å²) in [6, 6.07) is 3.55. The average molecular weight is 286 g/mol. The van der Waals surface area contributed by atoms with E-state index >= 15 is 0 Å². The Bertz CT molecular complexity index is 586. The zero-order valence-electron chi connectivity index (χ0n) is 12.4. The summed E-state index contributed by atoms with van der Waals surface area (Å²) in [4.78, 5) is 26.1. The molecule has 2 rings (SSSR count). The van der Waals surface area contributed by atoms with Gasteiger partial charge >= 0.3 is 0 Å². The van der Waals surface area contributed by atoms with Gasteiger partial charge in [-0.2, -0.15) is 0 Å². The molecule has 1 atom stereocenters. The molecule has 6 heteroatoms. The quantitative estimate of drug-likeness (QED) is 0.836. The molecule has 0 saturated heterocycles. The van der Waals surface area contributed by atoms with Gasteiger partial charge in [-0.3, -0.25) is 9.78 Å². The number of carbonyl (C=O) groups excluding carboxylic acids is 1. The monoisotopic (exact) mass is 286 g/mol. The maximum atomic E-state index is 12.2. The van der Waals surface area contributed by atoms with E-state index in [0.717, 1.165) is 11.3 Å². The van der Waals surface area contributed by atoms with Crippen LogP contribution in [0, 0.1) is 0 Å². The van der Waals surface area contributed by atoms with Gasteiger partial charge in [0.15, 0.2) is 0 Å². The summed E-state index contributed by atoms with van der Waals surface area (Å²) in [7, 11) is 3.37. The number of aromatic nitrogens is 3. The molecule has 0 unspecified atom stereocenters. The lowest BCUT2D eigenvalue weighted by Crippen LogP contribution is -2.33. The maximum Gasteiger partial charge on any atom is 0.255 e. The molecule has 0 bridgehead atoms. The average Bonchev–Trinajstić information content (AvgIpc) is 2.55. The van der Waals surface area contributed by atoms with Crippen LogP contribution < -0.4 is 0 Å². The lowest BCUT2D eigenvalue weighted by atomic mass is 10.2. The number of pyridine rings is 1. The van der Waals surface area contributed by atoms with Crippen molar-refractivity contribution >= 4 is 5.91 Å². The summed E-state index contributed by atoms with van der Waals surface area (Å²) >= 11 is 0. The summed E-state index contributed by atoms with van der Waals surface area (Å²) < 4.78 is 5.16. The van der Waals surface area contributed by atoms with E-state index in [4.69, 9.17) is 4.74 Å². The highest BCUT2D eigenvalue weighted by molar-refractivity contribution is 5.94. The van der Waals surface area contributed by atoms with Crippen molar-refractivity contribution in [3.05, 3.63) is 42.6 Å². The van der Waals surface area contributed by atoms with E-state index in [1.807, 2.05) is 6.92 Å². The first kappa shape index (κ1) is 15.1. The fraction of sp³-hybridized carbons (Fsp3) is 0.333. The van der Waals surface area contributed by atoms with Crippen LogP contribution in [0.2, 0.25) is 0 Å². The molecule has 0 spiro atoms. The van der Waals surface area contributed by atoms with Gasteiger partial charge in [0.1, 0.15) is 6.33 Å². The number of nitrogens with zero attached hydrogens (tertiary/aromatic N) is 4. The van der Waals surface area contributed by atoms with E-state index in [1.165, 1.54) is 6.33 Å². The van der Waals surface area contributed by atoms with Gasteiger partial charge in [0.2, 0.25) is 0 Å². The fourth-order valence-corrected chi connectivity index (χ4v) is 1.89. The van der Waals surface area contributed by atoms with E-state index in [9.17, 15) is 4.79 Å². The number of likely N-dealkylation sites (N-methyl/N-ethyl adjacent to an activating group) is 1. The molecule has 2 heterocycles. The topological polar surface area (TPSA) is 68.2 Å². The molecule has 0 aliphatic rings. The first-order valence-electron chi connectivity index (χ1n) is 6.61. The van der Waals surface area contributed by atoms with Crippen LogP contribution in [0.4, 0.5) is 0 Å². The standard InChI is InChI=1S/C15H18N4O2/c1-11(21-3)9-19(2)15(20)12-4-5-14(18-8-12)13-6-16-10-17-7-13/h4-8,10-11H,9H2,1-3H3/t11-/m0/s1. The molecule has 2 aromatic rings. The lowest BCUT2D eigenvalue weighted by molar-refractivity contribution is 0.0599. The highest BCUT2D eigenvalue weighted by Crippen LogP contribution is 2.15. The second kappa shape index (κ2) is 6.90.